The summed E-state index contributed by atoms with van der Waals surface area (Å²) in [6, 6.07) is 3.67. The van der Waals surface area contributed by atoms with Crippen molar-refractivity contribution in [1.29, 1.82) is 0 Å². The molecule has 0 saturated carbocycles. The standard InChI is InChI=1S/C19H22N6O5/c26-15-13(8-29-12-2-1-4-20-6-12)30-19(16(15)27)25-10-23-14-17(21-9-22-18(14)25)24-11-3-5-28-7-11/h1-2,4,6,9-11,13,15-16,19,26-27H,3,5,7-8H2,(H,21,22,24)/t11?,13-,15+,16+,19-/m1/s1. The van der Waals surface area contributed by atoms with Gasteiger partial charge in [0.25, 0.3) is 0 Å². The van der Waals surface area contributed by atoms with Gasteiger partial charge in [-0.2, -0.15) is 0 Å². The summed E-state index contributed by atoms with van der Waals surface area (Å²) in [5.74, 6) is 1.15. The van der Waals surface area contributed by atoms with E-state index in [1.165, 1.54) is 12.7 Å². The van der Waals surface area contributed by atoms with Crippen LogP contribution < -0.4 is 10.1 Å². The molecule has 2 saturated heterocycles. The van der Waals surface area contributed by atoms with Crippen LogP contribution in [0.25, 0.3) is 11.2 Å². The summed E-state index contributed by atoms with van der Waals surface area (Å²) in [7, 11) is 0. The van der Waals surface area contributed by atoms with Crippen molar-refractivity contribution in [3.63, 3.8) is 0 Å². The first-order chi connectivity index (χ1) is 14.7. The molecule has 3 aromatic heterocycles. The van der Waals surface area contributed by atoms with Gasteiger partial charge in [0.2, 0.25) is 0 Å². The van der Waals surface area contributed by atoms with Crippen LogP contribution in [-0.2, 0) is 9.47 Å². The van der Waals surface area contributed by atoms with Crippen LogP contribution >= 0.6 is 0 Å². The highest BCUT2D eigenvalue weighted by molar-refractivity contribution is 5.82. The van der Waals surface area contributed by atoms with E-state index in [-0.39, 0.29) is 12.6 Å². The van der Waals surface area contributed by atoms with Crippen molar-refractivity contribution in [1.82, 2.24) is 24.5 Å². The highest BCUT2D eigenvalue weighted by Crippen LogP contribution is 2.32. The average Bonchev–Trinajstić information content (AvgIpc) is 3.49. The number of nitrogens with one attached hydrogen (secondary N) is 1. The molecule has 0 radical (unpaired) electrons. The van der Waals surface area contributed by atoms with Gasteiger partial charge in [-0.05, 0) is 18.6 Å². The molecule has 158 valence electrons. The monoisotopic (exact) mass is 414 g/mol. The Hall–Kier alpha value is -2.86. The van der Waals surface area contributed by atoms with Gasteiger partial charge < -0.3 is 29.7 Å². The molecule has 2 fully saturated rings. The molecular formula is C19H22N6O5. The molecule has 0 spiro atoms. The van der Waals surface area contributed by atoms with Gasteiger partial charge in [-0.25, -0.2) is 15.0 Å². The number of nitrogens with zero attached hydrogens (tertiary/aromatic N) is 5. The van der Waals surface area contributed by atoms with Gasteiger partial charge in [0, 0.05) is 12.8 Å². The van der Waals surface area contributed by atoms with Gasteiger partial charge in [0.1, 0.15) is 37.0 Å². The minimum Gasteiger partial charge on any atom is -0.489 e. The van der Waals surface area contributed by atoms with Crippen molar-refractivity contribution in [2.45, 2.75) is 37.0 Å². The van der Waals surface area contributed by atoms with Crippen molar-refractivity contribution in [2.75, 3.05) is 25.1 Å². The first kappa shape index (κ1) is 19.1. The molecule has 5 atom stereocenters. The zero-order chi connectivity index (χ0) is 20.5. The molecule has 5 rings (SSSR count). The molecule has 3 N–H and O–H groups in total. The maximum atomic E-state index is 10.6. The fourth-order valence-corrected chi connectivity index (χ4v) is 3.69. The van der Waals surface area contributed by atoms with E-state index in [0.29, 0.717) is 35.9 Å². The molecule has 1 unspecified atom stereocenters. The summed E-state index contributed by atoms with van der Waals surface area (Å²) in [6.45, 7) is 1.39. The van der Waals surface area contributed by atoms with Gasteiger partial charge in [0.05, 0.1) is 25.2 Å². The van der Waals surface area contributed by atoms with E-state index < -0.39 is 24.5 Å². The third-order valence-electron chi connectivity index (χ3n) is 5.29. The Balaban J connectivity index is 1.34. The number of fused-ring (bicyclic) bond motifs is 1. The SMILES string of the molecule is O[C@@H]1[C@H](O)[C@H](n2cnc3c(NC4CCOC4)ncnc32)O[C@@H]1COc1cccnc1. The maximum Gasteiger partial charge on any atom is 0.167 e. The maximum absolute atomic E-state index is 10.6. The molecule has 11 nitrogen and oxygen atoms in total. The van der Waals surface area contributed by atoms with Gasteiger partial charge in [0.15, 0.2) is 23.2 Å². The smallest absolute Gasteiger partial charge is 0.167 e. The number of aliphatic hydroxyl groups is 2. The summed E-state index contributed by atoms with van der Waals surface area (Å²) >= 11 is 0. The molecule has 30 heavy (non-hydrogen) atoms. The van der Waals surface area contributed by atoms with Crippen LogP contribution in [0.5, 0.6) is 5.75 Å². The predicted molar refractivity (Wildman–Crippen MR) is 104 cm³/mol. The van der Waals surface area contributed by atoms with Gasteiger partial charge >= 0.3 is 0 Å². The Labute approximate surface area is 171 Å². The summed E-state index contributed by atoms with van der Waals surface area (Å²) in [4.78, 5) is 17.0. The molecule has 2 aliphatic rings. The van der Waals surface area contributed by atoms with Crippen molar-refractivity contribution in [2.24, 2.45) is 0 Å². The zero-order valence-electron chi connectivity index (χ0n) is 16.0. The highest BCUT2D eigenvalue weighted by Gasteiger charge is 2.44. The topological polar surface area (TPSA) is 137 Å². The first-order valence-corrected chi connectivity index (χ1v) is 9.77. The summed E-state index contributed by atoms with van der Waals surface area (Å²) < 4.78 is 18.5. The number of rotatable bonds is 6. The number of ether oxygens (including phenoxy) is 3. The third kappa shape index (κ3) is 3.56. The van der Waals surface area contributed by atoms with E-state index in [2.05, 4.69) is 25.3 Å². The second kappa shape index (κ2) is 8.11. The van der Waals surface area contributed by atoms with Crippen LogP contribution in [-0.4, -0.2) is 78.9 Å². The third-order valence-corrected chi connectivity index (χ3v) is 5.29. The van der Waals surface area contributed by atoms with Crippen LogP contribution in [0.1, 0.15) is 12.6 Å². The molecular weight excluding hydrogens is 392 g/mol. The normalized spacial score (nSPS) is 28.8. The number of aromatic nitrogens is 5. The largest absolute Gasteiger partial charge is 0.489 e. The molecule has 3 aromatic rings. The number of aliphatic hydroxyl groups excluding tert-OH is 2. The van der Waals surface area contributed by atoms with Gasteiger partial charge in [-0.1, -0.05) is 0 Å². The number of anilines is 1. The second-order valence-electron chi connectivity index (χ2n) is 7.30. The quantitative estimate of drug-likeness (QED) is 0.510. The zero-order valence-corrected chi connectivity index (χ0v) is 16.0. The van der Waals surface area contributed by atoms with Crippen molar-refractivity contribution in [3.05, 3.63) is 37.2 Å². The predicted octanol–water partition coefficient (Wildman–Crippen LogP) is 0.120. The molecule has 11 heteroatoms. The van der Waals surface area contributed by atoms with Crippen LogP contribution in [0.2, 0.25) is 0 Å². The highest BCUT2D eigenvalue weighted by atomic mass is 16.6. The van der Waals surface area contributed by atoms with E-state index in [0.717, 1.165) is 6.42 Å². The Morgan fingerprint density at radius 1 is 1.23 bits per heavy atom. The van der Waals surface area contributed by atoms with Crippen molar-refractivity contribution in [3.8, 4) is 5.75 Å². The van der Waals surface area contributed by atoms with Crippen LogP contribution in [0.15, 0.2) is 37.2 Å². The van der Waals surface area contributed by atoms with Gasteiger partial charge in [-0.15, -0.1) is 0 Å². The molecule has 0 aliphatic carbocycles. The minimum atomic E-state index is -1.17. The number of imidazole rings is 1. The van der Waals surface area contributed by atoms with E-state index in [1.54, 1.807) is 29.1 Å². The lowest BCUT2D eigenvalue weighted by atomic mass is 10.1. The van der Waals surface area contributed by atoms with Gasteiger partial charge in [-0.3, -0.25) is 9.55 Å². The lowest BCUT2D eigenvalue weighted by molar-refractivity contribution is -0.0474. The first-order valence-electron chi connectivity index (χ1n) is 9.77. The molecule has 2 aliphatic heterocycles. The Bertz CT molecular complexity index is 996. The Morgan fingerprint density at radius 3 is 2.97 bits per heavy atom. The number of hydrogen-bond acceptors (Lipinski definition) is 10. The summed E-state index contributed by atoms with van der Waals surface area (Å²) in [6.07, 6.45) is 3.19. The minimum absolute atomic E-state index is 0.0660. The Kier molecular flexibility index (Phi) is 5.17. The molecule has 5 heterocycles. The van der Waals surface area contributed by atoms with Crippen molar-refractivity contribution < 1.29 is 24.4 Å². The van der Waals surface area contributed by atoms with Crippen LogP contribution in [0, 0.1) is 0 Å². The Morgan fingerprint density at radius 2 is 2.17 bits per heavy atom. The van der Waals surface area contributed by atoms with Crippen LogP contribution in [0.3, 0.4) is 0 Å². The lowest BCUT2D eigenvalue weighted by Gasteiger charge is -2.17. The molecule has 0 aromatic carbocycles. The number of pyridine rings is 1. The fourth-order valence-electron chi connectivity index (χ4n) is 3.69. The average molecular weight is 414 g/mol. The molecule has 0 bridgehead atoms. The van der Waals surface area contributed by atoms with Crippen LogP contribution in [0.4, 0.5) is 5.82 Å². The van der Waals surface area contributed by atoms with E-state index >= 15 is 0 Å². The summed E-state index contributed by atoms with van der Waals surface area (Å²) in [5, 5.41) is 24.4. The molecule has 0 amide bonds. The lowest BCUT2D eigenvalue weighted by Crippen LogP contribution is -2.34. The van der Waals surface area contributed by atoms with Crippen molar-refractivity contribution >= 4 is 17.0 Å². The van der Waals surface area contributed by atoms with E-state index in [1.807, 2.05) is 0 Å². The fraction of sp³-hybridized carbons (Fsp3) is 0.474. The summed E-state index contributed by atoms with van der Waals surface area (Å²) in [5.41, 5.74) is 1.06. The van der Waals surface area contributed by atoms with E-state index in [4.69, 9.17) is 14.2 Å². The number of hydrogen-bond donors (Lipinski definition) is 3. The second-order valence-corrected chi connectivity index (χ2v) is 7.30. The van der Waals surface area contributed by atoms with E-state index in [9.17, 15) is 10.2 Å².